The molecule has 1 amide bonds. The molecule has 2 aliphatic rings. The van der Waals surface area contributed by atoms with Crippen LogP contribution in [0.2, 0.25) is 0 Å². The number of carbonyl (C=O) groups excluding carboxylic acids is 1. The summed E-state index contributed by atoms with van der Waals surface area (Å²) in [4.78, 5) is 11.3. The predicted octanol–water partition coefficient (Wildman–Crippen LogP) is -1.12. The molecule has 0 atom stereocenters. The minimum Gasteiger partial charge on any atom is -0.377 e. The number of nitrogens with one attached hydrogen (secondary N) is 2. The van der Waals surface area contributed by atoms with Crippen LogP contribution in [-0.2, 0) is 14.3 Å². The maximum atomic E-state index is 11.3. The molecule has 0 aliphatic carbocycles. The summed E-state index contributed by atoms with van der Waals surface area (Å²) in [6.45, 7) is 5.06. The average Bonchev–Trinajstić information content (AvgIpc) is 2.05. The van der Waals surface area contributed by atoms with E-state index in [0.717, 1.165) is 13.1 Å². The van der Waals surface area contributed by atoms with Gasteiger partial charge in [0.15, 0.2) is 0 Å². The van der Waals surface area contributed by atoms with Gasteiger partial charge in [-0.1, -0.05) is 0 Å². The van der Waals surface area contributed by atoms with Crippen LogP contribution in [0.25, 0.3) is 0 Å². The highest BCUT2D eigenvalue weighted by atomic mass is 16.5. The molecule has 5 heteroatoms. The second-order valence-corrected chi connectivity index (χ2v) is 4.14. The van der Waals surface area contributed by atoms with E-state index in [9.17, 15) is 4.79 Å². The highest BCUT2D eigenvalue weighted by molar-refractivity contribution is 5.77. The smallest absolute Gasteiger partial charge is 0.246 e. The first kappa shape index (κ1) is 9.89. The lowest BCUT2D eigenvalue weighted by Crippen LogP contribution is -2.60. The summed E-state index contributed by atoms with van der Waals surface area (Å²) in [7, 11) is 0. The molecule has 80 valence electrons. The van der Waals surface area contributed by atoms with Crippen molar-refractivity contribution in [3.63, 3.8) is 0 Å². The van der Waals surface area contributed by atoms with Crippen LogP contribution in [0.4, 0.5) is 0 Å². The van der Waals surface area contributed by atoms with E-state index in [1.54, 1.807) is 0 Å². The second kappa shape index (κ2) is 3.84. The molecule has 2 N–H and O–H groups in total. The van der Waals surface area contributed by atoms with Gasteiger partial charge < -0.3 is 20.1 Å². The number of ether oxygens (including phenoxy) is 2. The number of rotatable bonds is 4. The Bertz CT molecular complexity index is 224. The molecule has 2 rings (SSSR count). The molecule has 14 heavy (non-hydrogen) atoms. The monoisotopic (exact) mass is 200 g/mol. The Labute approximate surface area is 83.1 Å². The molecule has 5 nitrogen and oxygen atoms in total. The summed E-state index contributed by atoms with van der Waals surface area (Å²) >= 11 is 0. The summed E-state index contributed by atoms with van der Waals surface area (Å²) in [5, 5.41) is 5.94. The lowest BCUT2D eigenvalue weighted by molar-refractivity contribution is -0.139. The van der Waals surface area contributed by atoms with E-state index in [0.29, 0.717) is 13.2 Å². The van der Waals surface area contributed by atoms with Gasteiger partial charge in [0.05, 0.1) is 24.9 Å². The van der Waals surface area contributed by atoms with Crippen molar-refractivity contribution in [1.29, 1.82) is 0 Å². The normalized spacial score (nSPS) is 24.9. The fraction of sp³-hybridized carbons (Fsp3) is 0.889. The summed E-state index contributed by atoms with van der Waals surface area (Å²) < 4.78 is 10.4. The van der Waals surface area contributed by atoms with Gasteiger partial charge in [0.25, 0.3) is 0 Å². The third-order valence-electron chi connectivity index (χ3n) is 2.55. The van der Waals surface area contributed by atoms with Crippen molar-refractivity contribution in [1.82, 2.24) is 10.6 Å². The average molecular weight is 200 g/mol. The maximum absolute atomic E-state index is 11.3. The van der Waals surface area contributed by atoms with E-state index in [1.165, 1.54) is 0 Å². The number of hydrogen-bond donors (Lipinski definition) is 2. The molecule has 2 heterocycles. The standard InChI is InChI=1S/C9H16N2O3/c1-9(5-10-6-9)14-4-8(12)11-7-2-13-3-7/h7,10H,2-6H2,1H3,(H,11,12). The lowest BCUT2D eigenvalue weighted by atomic mass is 10.0. The molecule has 0 aromatic heterocycles. The van der Waals surface area contributed by atoms with Crippen LogP contribution in [-0.4, -0.2) is 50.5 Å². The van der Waals surface area contributed by atoms with Crippen molar-refractivity contribution in [2.75, 3.05) is 32.9 Å². The Morgan fingerprint density at radius 3 is 2.79 bits per heavy atom. The van der Waals surface area contributed by atoms with Gasteiger partial charge in [-0.25, -0.2) is 0 Å². The summed E-state index contributed by atoms with van der Waals surface area (Å²) in [5.41, 5.74) is -0.145. The van der Waals surface area contributed by atoms with Gasteiger partial charge in [-0.3, -0.25) is 4.79 Å². The zero-order chi connectivity index (χ0) is 10.0. The van der Waals surface area contributed by atoms with Crippen molar-refractivity contribution >= 4 is 5.91 Å². The maximum Gasteiger partial charge on any atom is 0.246 e. The van der Waals surface area contributed by atoms with E-state index in [-0.39, 0.29) is 24.2 Å². The van der Waals surface area contributed by atoms with Crippen LogP contribution in [0.1, 0.15) is 6.92 Å². The Morgan fingerprint density at radius 2 is 2.36 bits per heavy atom. The Kier molecular flexibility index (Phi) is 2.71. The van der Waals surface area contributed by atoms with Crippen LogP contribution in [0, 0.1) is 0 Å². The molecule has 0 aromatic rings. The zero-order valence-electron chi connectivity index (χ0n) is 8.34. The molecule has 0 radical (unpaired) electrons. The van der Waals surface area contributed by atoms with E-state index < -0.39 is 0 Å². The van der Waals surface area contributed by atoms with Crippen LogP contribution in [0.15, 0.2) is 0 Å². The fourth-order valence-electron chi connectivity index (χ4n) is 1.41. The molecule has 0 unspecified atom stereocenters. The number of carbonyl (C=O) groups is 1. The van der Waals surface area contributed by atoms with Gasteiger partial charge in [-0.05, 0) is 6.92 Å². The van der Waals surface area contributed by atoms with Gasteiger partial charge in [0, 0.05) is 13.1 Å². The Balaban J connectivity index is 1.61. The van der Waals surface area contributed by atoms with Crippen molar-refractivity contribution in [2.24, 2.45) is 0 Å². The highest BCUT2D eigenvalue weighted by Gasteiger charge is 2.33. The first-order chi connectivity index (χ1) is 6.68. The van der Waals surface area contributed by atoms with Gasteiger partial charge in [0.1, 0.15) is 6.61 Å². The van der Waals surface area contributed by atoms with Gasteiger partial charge in [-0.15, -0.1) is 0 Å². The predicted molar refractivity (Wildman–Crippen MR) is 50.0 cm³/mol. The molecule has 2 aliphatic heterocycles. The third kappa shape index (κ3) is 2.23. The topological polar surface area (TPSA) is 59.6 Å². The fourth-order valence-corrected chi connectivity index (χ4v) is 1.41. The minimum absolute atomic E-state index is 0.0496. The van der Waals surface area contributed by atoms with E-state index in [4.69, 9.17) is 9.47 Å². The van der Waals surface area contributed by atoms with Crippen molar-refractivity contribution in [2.45, 2.75) is 18.6 Å². The van der Waals surface area contributed by atoms with Crippen LogP contribution in [0.3, 0.4) is 0 Å². The van der Waals surface area contributed by atoms with Crippen molar-refractivity contribution < 1.29 is 14.3 Å². The highest BCUT2D eigenvalue weighted by Crippen LogP contribution is 2.14. The van der Waals surface area contributed by atoms with Gasteiger partial charge >= 0.3 is 0 Å². The zero-order valence-corrected chi connectivity index (χ0v) is 8.34. The van der Waals surface area contributed by atoms with Crippen LogP contribution < -0.4 is 10.6 Å². The number of amides is 1. The Hall–Kier alpha value is -0.650. The second-order valence-electron chi connectivity index (χ2n) is 4.14. The molecule has 0 saturated carbocycles. The lowest BCUT2D eigenvalue weighted by Gasteiger charge is -2.39. The van der Waals surface area contributed by atoms with Crippen LogP contribution >= 0.6 is 0 Å². The molecule has 0 spiro atoms. The minimum atomic E-state index is -0.145. The largest absolute Gasteiger partial charge is 0.377 e. The molecule has 2 fully saturated rings. The Morgan fingerprint density at radius 1 is 1.64 bits per heavy atom. The summed E-state index contributed by atoms with van der Waals surface area (Å²) in [5.74, 6) is -0.0496. The molecule has 0 bridgehead atoms. The van der Waals surface area contributed by atoms with E-state index in [1.807, 2.05) is 6.92 Å². The SMILES string of the molecule is CC1(OCC(=O)NC2COC2)CNC1. The quantitative estimate of drug-likeness (QED) is 0.603. The summed E-state index contributed by atoms with van der Waals surface area (Å²) in [6, 6.07) is 0.193. The molecule has 2 saturated heterocycles. The third-order valence-corrected chi connectivity index (χ3v) is 2.55. The molecular weight excluding hydrogens is 184 g/mol. The van der Waals surface area contributed by atoms with E-state index >= 15 is 0 Å². The number of hydrogen-bond acceptors (Lipinski definition) is 4. The first-order valence-corrected chi connectivity index (χ1v) is 4.90. The van der Waals surface area contributed by atoms with E-state index in [2.05, 4.69) is 10.6 Å². The first-order valence-electron chi connectivity index (χ1n) is 4.90. The molecular formula is C9H16N2O3. The van der Waals surface area contributed by atoms with Gasteiger partial charge in [0.2, 0.25) is 5.91 Å². The molecule has 0 aromatic carbocycles. The summed E-state index contributed by atoms with van der Waals surface area (Å²) in [6.07, 6.45) is 0. The van der Waals surface area contributed by atoms with Crippen LogP contribution in [0.5, 0.6) is 0 Å². The van der Waals surface area contributed by atoms with Gasteiger partial charge in [-0.2, -0.15) is 0 Å². The van der Waals surface area contributed by atoms with Crippen molar-refractivity contribution in [3.8, 4) is 0 Å². The van der Waals surface area contributed by atoms with Crippen molar-refractivity contribution in [3.05, 3.63) is 0 Å².